The molecule has 1 amide bonds. The maximum absolute atomic E-state index is 9.76. The van der Waals surface area contributed by atoms with E-state index in [4.69, 9.17) is 5.41 Å². The van der Waals surface area contributed by atoms with Gasteiger partial charge in [-0.05, 0) is 0 Å². The second kappa shape index (κ2) is 2.38. The van der Waals surface area contributed by atoms with Crippen LogP contribution in [0.4, 0.5) is 0 Å². The monoisotopic (exact) mass is 85.0 g/mol. The Morgan fingerprint density at radius 2 is 2.50 bits per heavy atom. The molecule has 0 aromatic heterocycles. The van der Waals surface area contributed by atoms with Crippen molar-refractivity contribution >= 4 is 12.1 Å². The fourth-order valence-corrected chi connectivity index (χ4v) is 0.0510. The van der Waals surface area contributed by atoms with Gasteiger partial charge in [0.15, 0.2) is 0 Å². The van der Waals surface area contributed by atoms with Crippen LogP contribution in [0.25, 0.3) is 0 Å². The second-order valence-corrected chi connectivity index (χ2v) is 0.685. The molecule has 0 spiro atoms. The molecule has 0 aliphatic rings. The zero-order valence-corrected chi connectivity index (χ0v) is 3.19. The summed E-state index contributed by atoms with van der Waals surface area (Å²) in [5, 5.41) is 8.21. The summed E-state index contributed by atoms with van der Waals surface area (Å²) in [4.78, 5) is 9.76. The first-order valence-corrected chi connectivity index (χ1v) is 1.39. The Morgan fingerprint density at radius 1 is 2.00 bits per heavy atom. The molecule has 2 N–H and O–H groups in total. The number of carbonyl (C=O) groups is 1. The number of hydrogen-bond acceptors (Lipinski definition) is 2. The van der Waals surface area contributed by atoms with Crippen molar-refractivity contribution in [3.8, 4) is 0 Å². The second-order valence-electron chi connectivity index (χ2n) is 0.685. The fraction of sp³-hybridized carbons (Fsp3) is 0. The van der Waals surface area contributed by atoms with Gasteiger partial charge in [-0.15, -0.1) is 0 Å². The Morgan fingerprint density at radius 3 is 2.50 bits per heavy atom. The van der Waals surface area contributed by atoms with Gasteiger partial charge in [0.1, 0.15) is 0 Å². The molecule has 0 saturated carbocycles. The number of hydrogen-bond donors (Lipinski definition) is 2. The van der Waals surface area contributed by atoms with E-state index in [1.54, 1.807) is 0 Å². The predicted molar refractivity (Wildman–Crippen MR) is 22.3 cm³/mol. The van der Waals surface area contributed by atoms with E-state index in [0.29, 0.717) is 6.21 Å². The highest BCUT2D eigenvalue weighted by atomic mass is 16.1. The fourth-order valence-electron chi connectivity index (χ4n) is 0.0510. The van der Waals surface area contributed by atoms with E-state index >= 15 is 0 Å². The summed E-state index contributed by atoms with van der Waals surface area (Å²) < 4.78 is 0. The van der Waals surface area contributed by atoms with E-state index in [1.165, 1.54) is 0 Å². The van der Waals surface area contributed by atoms with E-state index in [-0.39, 0.29) is 0 Å². The molecular weight excluding hydrogens is 80.0 g/mol. The molecule has 33 valence electrons. The van der Waals surface area contributed by atoms with E-state index < -0.39 is 5.91 Å². The first kappa shape index (κ1) is 5.14. The van der Waals surface area contributed by atoms with Crippen LogP contribution in [0.15, 0.2) is 0 Å². The molecule has 0 atom stereocenters. The predicted octanol–water partition coefficient (Wildman–Crippen LogP) is -0.456. The standard InChI is InChI=1S/C3H5N2O/c1-5-3(6)2-4/h2,4H,1H2,(H,5,6). The molecule has 0 saturated heterocycles. The van der Waals surface area contributed by atoms with Crippen LogP contribution < -0.4 is 5.32 Å². The van der Waals surface area contributed by atoms with Gasteiger partial charge in [-0.2, -0.15) is 0 Å². The molecule has 0 unspecified atom stereocenters. The molecule has 3 nitrogen and oxygen atoms in total. The molecule has 6 heavy (non-hydrogen) atoms. The van der Waals surface area contributed by atoms with Gasteiger partial charge in [0.25, 0.3) is 5.91 Å². The minimum atomic E-state index is -0.477. The molecule has 0 rings (SSSR count). The molecule has 0 heterocycles. The van der Waals surface area contributed by atoms with Crippen molar-refractivity contribution in [1.29, 1.82) is 5.41 Å². The molecule has 0 aromatic rings. The third-order valence-corrected chi connectivity index (χ3v) is 0.305. The lowest BCUT2D eigenvalue weighted by molar-refractivity contribution is -0.113. The van der Waals surface area contributed by atoms with Crippen molar-refractivity contribution in [3.63, 3.8) is 0 Å². The lowest BCUT2D eigenvalue weighted by Crippen LogP contribution is -2.15. The maximum Gasteiger partial charge on any atom is 0.261 e. The van der Waals surface area contributed by atoms with Crippen molar-refractivity contribution in [2.24, 2.45) is 0 Å². The van der Waals surface area contributed by atoms with Crippen molar-refractivity contribution in [2.75, 3.05) is 0 Å². The number of amides is 1. The summed E-state index contributed by atoms with van der Waals surface area (Å²) in [7, 11) is 3.01. The Kier molecular flexibility index (Phi) is 2.04. The van der Waals surface area contributed by atoms with Crippen LogP contribution in [0.3, 0.4) is 0 Å². The Bertz CT molecular complexity index is 69.2. The Balaban J connectivity index is 3.23. The lowest BCUT2D eigenvalue weighted by atomic mass is 10.7. The van der Waals surface area contributed by atoms with Crippen LogP contribution in [0.5, 0.6) is 0 Å². The number of carbonyl (C=O) groups excluding carboxylic acids is 1. The van der Waals surface area contributed by atoms with E-state index in [2.05, 4.69) is 7.05 Å². The zero-order valence-electron chi connectivity index (χ0n) is 3.19. The summed E-state index contributed by atoms with van der Waals surface area (Å²) >= 11 is 0. The van der Waals surface area contributed by atoms with Crippen LogP contribution >= 0.6 is 0 Å². The van der Waals surface area contributed by atoms with E-state index in [9.17, 15) is 4.79 Å². The summed E-state index contributed by atoms with van der Waals surface area (Å²) in [5.41, 5.74) is 0. The van der Waals surface area contributed by atoms with Gasteiger partial charge in [-0.25, -0.2) is 0 Å². The first-order valence-electron chi connectivity index (χ1n) is 1.39. The van der Waals surface area contributed by atoms with Gasteiger partial charge >= 0.3 is 0 Å². The number of nitrogens with one attached hydrogen (secondary N) is 2. The maximum atomic E-state index is 9.76. The molecule has 0 bridgehead atoms. The van der Waals surface area contributed by atoms with E-state index in [1.807, 2.05) is 5.32 Å². The quantitative estimate of drug-likeness (QED) is 0.416. The molecule has 0 aromatic carbocycles. The highest BCUT2D eigenvalue weighted by molar-refractivity contribution is 6.24. The highest BCUT2D eigenvalue weighted by Crippen LogP contribution is 1.46. The van der Waals surface area contributed by atoms with Crippen LogP contribution in [-0.4, -0.2) is 12.1 Å². The number of rotatable bonds is 1. The van der Waals surface area contributed by atoms with Crippen molar-refractivity contribution in [3.05, 3.63) is 7.05 Å². The SMILES string of the molecule is [CH2]NC(=O)C=N. The van der Waals surface area contributed by atoms with Crippen LogP contribution in [0, 0.1) is 12.5 Å². The zero-order chi connectivity index (χ0) is 4.99. The van der Waals surface area contributed by atoms with E-state index in [0.717, 1.165) is 0 Å². The van der Waals surface area contributed by atoms with Crippen molar-refractivity contribution in [2.45, 2.75) is 0 Å². The largest absolute Gasteiger partial charge is 0.349 e. The van der Waals surface area contributed by atoms with Gasteiger partial charge < -0.3 is 10.7 Å². The van der Waals surface area contributed by atoms with Gasteiger partial charge in [-0.1, -0.05) is 0 Å². The van der Waals surface area contributed by atoms with Crippen LogP contribution in [0.1, 0.15) is 0 Å². The molecule has 0 aliphatic carbocycles. The van der Waals surface area contributed by atoms with Gasteiger partial charge in [-0.3, -0.25) is 4.79 Å². The minimum absolute atomic E-state index is 0.477. The normalized spacial score (nSPS) is 6.83. The summed E-state index contributed by atoms with van der Waals surface area (Å²) in [5.74, 6) is -0.477. The average Bonchev–Trinajstić information content (AvgIpc) is 1.65. The molecule has 0 aliphatic heterocycles. The van der Waals surface area contributed by atoms with Crippen molar-refractivity contribution in [1.82, 2.24) is 5.32 Å². The third kappa shape index (κ3) is 1.46. The average molecular weight is 85.1 g/mol. The lowest BCUT2D eigenvalue weighted by Gasteiger charge is -1.80. The Hall–Kier alpha value is -0.860. The molecule has 3 heteroatoms. The molecular formula is C3H5N2O. The highest BCUT2D eigenvalue weighted by Gasteiger charge is 1.81. The first-order chi connectivity index (χ1) is 2.81. The summed E-state index contributed by atoms with van der Waals surface area (Å²) in [6.45, 7) is 0. The topological polar surface area (TPSA) is 53.0 Å². The van der Waals surface area contributed by atoms with Crippen LogP contribution in [0.2, 0.25) is 0 Å². The Labute approximate surface area is 35.9 Å². The summed E-state index contributed by atoms with van der Waals surface area (Å²) in [6.07, 6.45) is 0.660. The van der Waals surface area contributed by atoms with Crippen LogP contribution in [-0.2, 0) is 4.79 Å². The van der Waals surface area contributed by atoms with Gasteiger partial charge in [0.2, 0.25) is 0 Å². The van der Waals surface area contributed by atoms with Crippen molar-refractivity contribution < 1.29 is 4.79 Å². The smallest absolute Gasteiger partial charge is 0.261 e. The molecule has 0 fully saturated rings. The van der Waals surface area contributed by atoms with Gasteiger partial charge in [0, 0.05) is 7.05 Å². The van der Waals surface area contributed by atoms with Gasteiger partial charge in [0.05, 0.1) is 6.21 Å². The molecule has 1 radical (unpaired) electrons. The minimum Gasteiger partial charge on any atom is -0.349 e. The summed E-state index contributed by atoms with van der Waals surface area (Å²) in [6, 6.07) is 0. The third-order valence-electron chi connectivity index (χ3n) is 0.305.